The van der Waals surface area contributed by atoms with Crippen LogP contribution in [0.1, 0.15) is 30.3 Å². The first kappa shape index (κ1) is 22.7. The third-order valence-electron chi connectivity index (χ3n) is 7.30. The predicted molar refractivity (Wildman–Crippen MR) is 134 cm³/mol. The second-order valence-electron chi connectivity index (χ2n) is 9.33. The number of hydrogen-bond donors (Lipinski definition) is 1. The Kier molecular flexibility index (Phi) is 6.46. The molecule has 0 bridgehead atoms. The van der Waals surface area contributed by atoms with Crippen LogP contribution in [-0.2, 0) is 4.79 Å². The number of hydrogen-bond acceptors (Lipinski definition) is 4. The molecule has 7 nitrogen and oxygen atoms in total. The van der Waals surface area contributed by atoms with Crippen molar-refractivity contribution in [1.29, 1.82) is 0 Å². The Hall–Kier alpha value is -3.06. The van der Waals surface area contributed by atoms with Crippen LogP contribution in [-0.4, -0.2) is 70.9 Å². The molecule has 2 fully saturated rings. The highest BCUT2D eigenvalue weighted by molar-refractivity contribution is 6.31. The van der Waals surface area contributed by atoms with E-state index in [2.05, 4.69) is 21.8 Å². The summed E-state index contributed by atoms with van der Waals surface area (Å²) in [6, 6.07) is 13.4. The summed E-state index contributed by atoms with van der Waals surface area (Å²) in [7, 11) is 0. The van der Waals surface area contributed by atoms with Crippen molar-refractivity contribution in [3.05, 3.63) is 59.4 Å². The molecule has 1 N–H and O–H groups in total. The number of likely N-dealkylation sites (tertiary alicyclic amines) is 1. The first-order valence-electron chi connectivity index (χ1n) is 12.0. The number of carbonyl (C=O) groups excluding carboxylic acids is 2. The van der Waals surface area contributed by atoms with Crippen molar-refractivity contribution in [2.75, 3.05) is 44.2 Å². The fourth-order valence-corrected chi connectivity index (χ4v) is 5.36. The molecule has 0 aliphatic carbocycles. The van der Waals surface area contributed by atoms with Crippen LogP contribution in [0.3, 0.4) is 0 Å². The van der Waals surface area contributed by atoms with Crippen LogP contribution in [0, 0.1) is 11.8 Å². The summed E-state index contributed by atoms with van der Waals surface area (Å²) in [6.07, 6.45) is 3.50. The van der Waals surface area contributed by atoms with E-state index in [-0.39, 0.29) is 17.7 Å². The van der Waals surface area contributed by atoms with Gasteiger partial charge in [0, 0.05) is 67.3 Å². The van der Waals surface area contributed by atoms with Crippen molar-refractivity contribution < 1.29 is 9.59 Å². The summed E-state index contributed by atoms with van der Waals surface area (Å²) < 4.78 is 0. The number of rotatable bonds is 4. The lowest BCUT2D eigenvalue weighted by Gasteiger charge is -2.39. The van der Waals surface area contributed by atoms with Crippen LogP contribution in [0.2, 0.25) is 5.02 Å². The van der Waals surface area contributed by atoms with E-state index in [0.717, 1.165) is 55.7 Å². The maximum absolute atomic E-state index is 13.2. The zero-order chi connectivity index (χ0) is 23.7. The van der Waals surface area contributed by atoms with Crippen molar-refractivity contribution in [2.24, 2.45) is 11.8 Å². The molecule has 2 aliphatic heterocycles. The zero-order valence-corrected chi connectivity index (χ0v) is 20.2. The van der Waals surface area contributed by atoms with Gasteiger partial charge in [-0.1, -0.05) is 24.6 Å². The van der Waals surface area contributed by atoms with Crippen LogP contribution in [0.4, 0.5) is 5.82 Å². The molecule has 5 rings (SSSR count). The van der Waals surface area contributed by atoms with Crippen LogP contribution < -0.4 is 4.90 Å². The van der Waals surface area contributed by atoms with E-state index < -0.39 is 0 Å². The smallest absolute Gasteiger partial charge is 0.270 e. The van der Waals surface area contributed by atoms with Gasteiger partial charge in [0.1, 0.15) is 11.5 Å². The number of amides is 2. The van der Waals surface area contributed by atoms with Crippen molar-refractivity contribution in [2.45, 2.75) is 19.8 Å². The number of fused-ring (bicyclic) bond motifs is 1. The average molecular weight is 480 g/mol. The number of carbonyl (C=O) groups is 2. The molecule has 2 aromatic heterocycles. The lowest BCUT2D eigenvalue weighted by Crippen LogP contribution is -2.51. The van der Waals surface area contributed by atoms with Gasteiger partial charge in [0.25, 0.3) is 5.91 Å². The summed E-state index contributed by atoms with van der Waals surface area (Å²) in [5, 5.41) is 1.59. The zero-order valence-electron chi connectivity index (χ0n) is 19.4. The Morgan fingerprint density at radius 3 is 2.47 bits per heavy atom. The number of aromatic nitrogens is 2. The number of piperazine rings is 1. The van der Waals surface area contributed by atoms with Gasteiger partial charge in [-0.25, -0.2) is 4.98 Å². The SMILES string of the molecule is CC(C(=O)N1CCN(c2ccccn2)CC1)C1CCN(C(=O)c2cc3cc(Cl)ccc3[nH]2)CC1. The third kappa shape index (κ3) is 4.62. The maximum atomic E-state index is 13.2. The average Bonchev–Trinajstić information content (AvgIpc) is 3.31. The van der Waals surface area contributed by atoms with Crippen LogP contribution >= 0.6 is 11.6 Å². The lowest BCUT2D eigenvalue weighted by atomic mass is 9.84. The standard InChI is InChI=1S/C26H30ClN5O2/c1-18(25(33)32-14-12-30(13-15-32)24-4-2-3-9-28-24)19-7-10-31(11-8-19)26(34)23-17-20-16-21(27)5-6-22(20)29-23/h2-6,9,16-19,29H,7-8,10-15H2,1H3. The molecule has 1 aromatic carbocycles. The normalized spacial score (nSPS) is 18.4. The number of anilines is 1. The second-order valence-corrected chi connectivity index (χ2v) is 9.77. The molecule has 8 heteroatoms. The molecule has 1 unspecified atom stereocenters. The highest BCUT2D eigenvalue weighted by Crippen LogP contribution is 2.28. The topological polar surface area (TPSA) is 72.5 Å². The summed E-state index contributed by atoms with van der Waals surface area (Å²) in [4.78, 5) is 40.0. The Morgan fingerprint density at radius 1 is 1.00 bits per heavy atom. The number of halogens is 1. The van der Waals surface area contributed by atoms with E-state index in [1.54, 1.807) is 6.20 Å². The monoisotopic (exact) mass is 479 g/mol. The first-order chi connectivity index (χ1) is 16.5. The minimum Gasteiger partial charge on any atom is -0.353 e. The van der Waals surface area contributed by atoms with Gasteiger partial charge in [-0.3, -0.25) is 9.59 Å². The quantitative estimate of drug-likeness (QED) is 0.612. The van der Waals surface area contributed by atoms with Crippen LogP contribution in [0.5, 0.6) is 0 Å². The summed E-state index contributed by atoms with van der Waals surface area (Å²) in [5.74, 6) is 1.48. The molecule has 4 heterocycles. The van der Waals surface area contributed by atoms with Gasteiger partial charge < -0.3 is 19.7 Å². The molecule has 2 amide bonds. The molecule has 2 aliphatic rings. The number of nitrogens with zero attached hydrogens (tertiary/aromatic N) is 4. The highest BCUT2D eigenvalue weighted by atomic mass is 35.5. The fourth-order valence-electron chi connectivity index (χ4n) is 5.18. The first-order valence-corrected chi connectivity index (χ1v) is 12.4. The van der Waals surface area contributed by atoms with Crippen LogP contribution in [0.15, 0.2) is 48.7 Å². The van der Waals surface area contributed by atoms with Gasteiger partial charge in [0.05, 0.1) is 0 Å². The van der Waals surface area contributed by atoms with Gasteiger partial charge in [-0.15, -0.1) is 0 Å². The second kappa shape index (κ2) is 9.66. The minimum absolute atomic E-state index is 0.00963. The molecule has 0 radical (unpaired) electrons. The van der Waals surface area contributed by atoms with Crippen LogP contribution in [0.25, 0.3) is 10.9 Å². The van der Waals surface area contributed by atoms with Gasteiger partial charge in [0.15, 0.2) is 0 Å². The van der Waals surface area contributed by atoms with E-state index >= 15 is 0 Å². The van der Waals surface area contributed by atoms with Crippen molar-refractivity contribution in [3.8, 4) is 0 Å². The number of aromatic amines is 1. The molecule has 0 saturated carbocycles. The number of pyridine rings is 1. The number of nitrogens with one attached hydrogen (secondary N) is 1. The van der Waals surface area contributed by atoms with Gasteiger partial charge in [0.2, 0.25) is 5.91 Å². The Balaban J connectivity index is 1.13. The van der Waals surface area contributed by atoms with E-state index in [1.807, 2.05) is 52.3 Å². The molecule has 34 heavy (non-hydrogen) atoms. The van der Waals surface area contributed by atoms with Crippen molar-refractivity contribution >= 4 is 40.1 Å². The highest BCUT2D eigenvalue weighted by Gasteiger charge is 2.33. The molecule has 178 valence electrons. The summed E-state index contributed by atoms with van der Waals surface area (Å²) >= 11 is 6.07. The summed E-state index contributed by atoms with van der Waals surface area (Å²) in [6.45, 7) is 6.45. The number of piperidine rings is 1. The van der Waals surface area contributed by atoms with E-state index in [9.17, 15) is 9.59 Å². The molecular formula is C26H30ClN5O2. The largest absolute Gasteiger partial charge is 0.353 e. The Bertz CT molecular complexity index is 1160. The van der Waals surface area contributed by atoms with Crippen molar-refractivity contribution in [1.82, 2.24) is 19.8 Å². The lowest BCUT2D eigenvalue weighted by molar-refractivity contribution is -0.137. The Morgan fingerprint density at radius 2 is 1.76 bits per heavy atom. The summed E-state index contributed by atoms with van der Waals surface area (Å²) in [5.41, 5.74) is 1.50. The number of H-pyrrole nitrogens is 1. The molecular weight excluding hydrogens is 450 g/mol. The minimum atomic E-state index is -0.0335. The Labute approximate surface area is 204 Å². The third-order valence-corrected chi connectivity index (χ3v) is 7.54. The number of benzene rings is 1. The molecule has 1 atom stereocenters. The van der Waals surface area contributed by atoms with Crippen molar-refractivity contribution in [3.63, 3.8) is 0 Å². The maximum Gasteiger partial charge on any atom is 0.270 e. The predicted octanol–water partition coefficient (Wildman–Crippen LogP) is 4.05. The van der Waals surface area contributed by atoms with E-state index in [4.69, 9.17) is 11.6 Å². The molecule has 0 spiro atoms. The fraction of sp³-hybridized carbons (Fsp3) is 0.423. The van der Waals surface area contributed by atoms with Gasteiger partial charge in [-0.2, -0.15) is 0 Å². The van der Waals surface area contributed by atoms with E-state index in [1.165, 1.54) is 0 Å². The van der Waals surface area contributed by atoms with Gasteiger partial charge >= 0.3 is 0 Å². The molecule has 2 saturated heterocycles. The molecule has 3 aromatic rings. The van der Waals surface area contributed by atoms with E-state index in [0.29, 0.717) is 29.7 Å². The van der Waals surface area contributed by atoms with Gasteiger partial charge in [-0.05, 0) is 55.2 Å².